The van der Waals surface area contributed by atoms with E-state index in [0.29, 0.717) is 5.69 Å². The first-order valence-corrected chi connectivity index (χ1v) is 3.36. The van der Waals surface area contributed by atoms with Crippen LogP contribution in [0.1, 0.15) is 17.4 Å². The van der Waals surface area contributed by atoms with Crippen LogP contribution in [-0.4, -0.2) is 22.3 Å². The quantitative estimate of drug-likeness (QED) is 0.634. The van der Waals surface area contributed by atoms with Crippen molar-refractivity contribution in [2.24, 2.45) is 5.18 Å². The van der Waals surface area contributed by atoms with E-state index in [2.05, 4.69) is 20.7 Å². The van der Waals surface area contributed by atoms with Crippen molar-refractivity contribution >= 4 is 5.91 Å². The number of carbonyl (C=O) groups is 1. The molecule has 0 saturated carbocycles. The summed E-state index contributed by atoms with van der Waals surface area (Å²) in [6, 6.07) is 1.51. The van der Waals surface area contributed by atoms with Crippen molar-refractivity contribution in [3.63, 3.8) is 0 Å². The van der Waals surface area contributed by atoms with Gasteiger partial charge in [-0.3, -0.25) is 9.89 Å². The summed E-state index contributed by atoms with van der Waals surface area (Å²) in [5.74, 6) is -0.389. The molecular weight excluding hydrogens is 160 g/mol. The second-order valence-electron chi connectivity index (χ2n) is 2.23. The number of aromatic amines is 1. The third-order valence-electron chi connectivity index (χ3n) is 1.24. The maximum absolute atomic E-state index is 11.1. The first-order valence-electron chi connectivity index (χ1n) is 3.36. The lowest BCUT2D eigenvalue weighted by Gasteiger charge is -2.02. The molecule has 0 aromatic carbocycles. The summed E-state index contributed by atoms with van der Waals surface area (Å²) in [6.45, 7) is 1.49. The van der Waals surface area contributed by atoms with E-state index in [4.69, 9.17) is 0 Å². The molecule has 1 unspecified atom stereocenters. The minimum absolute atomic E-state index is 0.311. The number of rotatable bonds is 3. The van der Waals surface area contributed by atoms with Gasteiger partial charge in [0.05, 0.1) is 0 Å². The largest absolute Gasteiger partial charge is 0.326 e. The van der Waals surface area contributed by atoms with Crippen molar-refractivity contribution < 1.29 is 4.79 Å². The molecule has 6 heteroatoms. The number of hydrogen-bond acceptors (Lipinski definition) is 4. The van der Waals surface area contributed by atoms with Crippen LogP contribution in [0.5, 0.6) is 0 Å². The van der Waals surface area contributed by atoms with Gasteiger partial charge in [-0.25, -0.2) is 0 Å². The van der Waals surface area contributed by atoms with Gasteiger partial charge in [-0.05, 0) is 18.2 Å². The molecule has 1 amide bonds. The number of nitroso groups, excluding NO2 is 1. The van der Waals surface area contributed by atoms with E-state index in [-0.39, 0.29) is 5.91 Å². The van der Waals surface area contributed by atoms with Gasteiger partial charge in [0.1, 0.15) is 5.69 Å². The van der Waals surface area contributed by atoms with Crippen molar-refractivity contribution in [1.82, 2.24) is 15.5 Å². The molecule has 1 atom stereocenters. The van der Waals surface area contributed by atoms with Crippen LogP contribution in [-0.2, 0) is 0 Å². The Morgan fingerprint density at radius 3 is 3.08 bits per heavy atom. The monoisotopic (exact) mass is 168 g/mol. The Labute approximate surface area is 68.3 Å². The molecule has 0 radical (unpaired) electrons. The lowest BCUT2D eigenvalue weighted by atomic mass is 10.4. The molecule has 0 saturated heterocycles. The molecule has 0 aliphatic carbocycles. The number of amides is 1. The summed E-state index contributed by atoms with van der Waals surface area (Å²) in [5, 5.41) is 11.0. The molecule has 0 aliphatic heterocycles. The van der Waals surface area contributed by atoms with Crippen LogP contribution < -0.4 is 5.32 Å². The maximum Gasteiger partial charge on any atom is 0.271 e. The standard InChI is InChI=1S/C6H8N4O2/c1-4(10-12)8-6(11)5-2-3-7-9-5/h2-4H,1H3,(H,7,9)(H,8,11). The molecule has 1 rings (SSSR count). The van der Waals surface area contributed by atoms with E-state index < -0.39 is 6.17 Å². The molecule has 64 valence electrons. The summed E-state index contributed by atoms with van der Waals surface area (Å²) in [7, 11) is 0. The van der Waals surface area contributed by atoms with Crippen molar-refractivity contribution in [2.45, 2.75) is 13.1 Å². The molecule has 1 aromatic rings. The van der Waals surface area contributed by atoms with Crippen LogP contribution in [0.2, 0.25) is 0 Å². The molecule has 0 fully saturated rings. The number of hydrogen-bond donors (Lipinski definition) is 2. The lowest BCUT2D eigenvalue weighted by molar-refractivity contribution is 0.0936. The smallest absolute Gasteiger partial charge is 0.271 e. The predicted octanol–water partition coefficient (Wildman–Crippen LogP) is 0.252. The van der Waals surface area contributed by atoms with Gasteiger partial charge >= 0.3 is 0 Å². The SMILES string of the molecule is CC(N=O)NC(=O)c1ccn[nH]1. The van der Waals surface area contributed by atoms with Crippen molar-refractivity contribution in [3.05, 3.63) is 22.9 Å². The Balaban J connectivity index is 2.55. The summed E-state index contributed by atoms with van der Waals surface area (Å²) in [5.41, 5.74) is 0.311. The summed E-state index contributed by atoms with van der Waals surface area (Å²) >= 11 is 0. The van der Waals surface area contributed by atoms with Crippen molar-refractivity contribution in [2.75, 3.05) is 0 Å². The Morgan fingerprint density at radius 2 is 2.58 bits per heavy atom. The fourth-order valence-corrected chi connectivity index (χ4v) is 0.676. The molecule has 1 aromatic heterocycles. The van der Waals surface area contributed by atoms with Crippen LogP contribution in [0.3, 0.4) is 0 Å². The van der Waals surface area contributed by atoms with Gasteiger partial charge in [-0.15, -0.1) is 4.91 Å². The molecule has 0 aliphatic rings. The highest BCUT2D eigenvalue weighted by Gasteiger charge is 2.09. The highest BCUT2D eigenvalue weighted by atomic mass is 16.3. The molecule has 0 spiro atoms. The first-order chi connectivity index (χ1) is 5.74. The molecule has 1 heterocycles. The molecular formula is C6H8N4O2. The number of carbonyl (C=O) groups excluding carboxylic acids is 1. The zero-order valence-corrected chi connectivity index (χ0v) is 6.44. The zero-order valence-electron chi connectivity index (χ0n) is 6.44. The molecule has 6 nitrogen and oxygen atoms in total. The number of H-pyrrole nitrogens is 1. The average Bonchev–Trinajstić information content (AvgIpc) is 2.56. The molecule has 2 N–H and O–H groups in total. The van der Waals surface area contributed by atoms with E-state index in [1.807, 2.05) is 0 Å². The van der Waals surface area contributed by atoms with Crippen LogP contribution in [0.25, 0.3) is 0 Å². The first kappa shape index (κ1) is 8.38. The second kappa shape index (κ2) is 3.61. The van der Waals surface area contributed by atoms with E-state index in [1.165, 1.54) is 19.2 Å². The number of aromatic nitrogens is 2. The van der Waals surface area contributed by atoms with E-state index >= 15 is 0 Å². The van der Waals surface area contributed by atoms with Crippen molar-refractivity contribution in [1.29, 1.82) is 0 Å². The van der Waals surface area contributed by atoms with E-state index in [0.717, 1.165) is 0 Å². The highest BCUT2D eigenvalue weighted by molar-refractivity contribution is 5.92. The van der Waals surface area contributed by atoms with E-state index in [1.54, 1.807) is 0 Å². The fourth-order valence-electron chi connectivity index (χ4n) is 0.676. The lowest BCUT2D eigenvalue weighted by Crippen LogP contribution is -2.30. The molecule has 0 bridgehead atoms. The van der Waals surface area contributed by atoms with Crippen LogP contribution in [0.15, 0.2) is 17.4 Å². The third-order valence-corrected chi connectivity index (χ3v) is 1.24. The van der Waals surface area contributed by atoms with E-state index in [9.17, 15) is 9.70 Å². The normalized spacial score (nSPS) is 12.1. The van der Waals surface area contributed by atoms with Crippen molar-refractivity contribution in [3.8, 4) is 0 Å². The van der Waals surface area contributed by atoms with Crippen LogP contribution >= 0.6 is 0 Å². The minimum Gasteiger partial charge on any atom is -0.326 e. The Bertz CT molecular complexity index is 269. The average molecular weight is 168 g/mol. The minimum atomic E-state index is -0.721. The summed E-state index contributed by atoms with van der Waals surface area (Å²) in [6.07, 6.45) is 0.731. The van der Waals surface area contributed by atoms with Crippen LogP contribution in [0, 0.1) is 4.91 Å². The van der Waals surface area contributed by atoms with Gasteiger partial charge in [0, 0.05) is 6.20 Å². The topological polar surface area (TPSA) is 87.2 Å². The summed E-state index contributed by atoms with van der Waals surface area (Å²) < 4.78 is 0. The van der Waals surface area contributed by atoms with Crippen LogP contribution in [0.4, 0.5) is 0 Å². The Morgan fingerprint density at radius 1 is 1.83 bits per heavy atom. The zero-order chi connectivity index (χ0) is 8.97. The molecule has 12 heavy (non-hydrogen) atoms. The highest BCUT2D eigenvalue weighted by Crippen LogP contribution is 1.92. The van der Waals surface area contributed by atoms with Gasteiger partial charge in [-0.1, -0.05) is 0 Å². The fraction of sp³-hybridized carbons (Fsp3) is 0.333. The van der Waals surface area contributed by atoms with Gasteiger partial charge in [0.2, 0.25) is 0 Å². The number of nitrogens with one attached hydrogen (secondary N) is 2. The third kappa shape index (κ3) is 1.88. The van der Waals surface area contributed by atoms with Gasteiger partial charge in [0.25, 0.3) is 5.91 Å². The Kier molecular flexibility index (Phi) is 2.52. The maximum atomic E-state index is 11.1. The Hall–Kier alpha value is -1.72. The predicted molar refractivity (Wildman–Crippen MR) is 41.3 cm³/mol. The second-order valence-corrected chi connectivity index (χ2v) is 2.23. The van der Waals surface area contributed by atoms with Gasteiger partial charge in [0.15, 0.2) is 6.17 Å². The number of nitrogens with zero attached hydrogens (tertiary/aromatic N) is 2. The summed E-state index contributed by atoms with van der Waals surface area (Å²) in [4.78, 5) is 21.0. The van der Waals surface area contributed by atoms with Gasteiger partial charge in [-0.2, -0.15) is 5.10 Å². The van der Waals surface area contributed by atoms with Gasteiger partial charge < -0.3 is 5.32 Å².